The van der Waals surface area contributed by atoms with E-state index in [4.69, 9.17) is 0 Å². The van der Waals surface area contributed by atoms with Crippen LogP contribution < -0.4 is 5.32 Å². The van der Waals surface area contributed by atoms with Crippen molar-refractivity contribution in [1.82, 2.24) is 9.88 Å². The summed E-state index contributed by atoms with van der Waals surface area (Å²) in [6, 6.07) is 0. The molecule has 1 aromatic heterocycles. The molecule has 0 spiro atoms. The van der Waals surface area contributed by atoms with E-state index in [2.05, 4.69) is 10.3 Å². The predicted molar refractivity (Wildman–Crippen MR) is 76.8 cm³/mol. The van der Waals surface area contributed by atoms with E-state index in [1.165, 1.54) is 11.3 Å². The molecule has 1 aliphatic heterocycles. The zero-order valence-electron chi connectivity index (χ0n) is 11.5. The molecule has 1 aromatic rings. The number of anilines is 1. The summed E-state index contributed by atoms with van der Waals surface area (Å²) in [4.78, 5) is 29.2. The van der Waals surface area contributed by atoms with E-state index < -0.39 is 11.4 Å². The Balaban J connectivity index is 1.89. The minimum absolute atomic E-state index is 0.141. The first kappa shape index (κ1) is 14.9. The number of likely N-dealkylation sites (tertiary alicyclic amines) is 1. The van der Waals surface area contributed by atoms with E-state index >= 15 is 0 Å². The Morgan fingerprint density at radius 3 is 3.00 bits per heavy atom. The van der Waals surface area contributed by atoms with E-state index in [-0.39, 0.29) is 12.5 Å². The lowest BCUT2D eigenvalue weighted by Gasteiger charge is -2.24. The van der Waals surface area contributed by atoms with Crippen LogP contribution in [-0.2, 0) is 9.59 Å². The van der Waals surface area contributed by atoms with Gasteiger partial charge >= 0.3 is 5.97 Å². The highest BCUT2D eigenvalue weighted by Gasteiger charge is 2.44. The standard InChI is InChI=1S/C13H19N3O3S/c1-2-3-13(11(18)19)4-6-16(9-13)8-10(17)15-12-14-5-7-20-12/h5,7H,2-4,6,8-9H2,1H3,(H,18,19)(H,14,15,17). The van der Waals surface area contributed by atoms with Gasteiger partial charge in [-0.05, 0) is 19.4 Å². The predicted octanol–water partition coefficient (Wildman–Crippen LogP) is 1.66. The van der Waals surface area contributed by atoms with Crippen molar-refractivity contribution >= 4 is 28.3 Å². The Hall–Kier alpha value is -1.47. The summed E-state index contributed by atoms with van der Waals surface area (Å²) in [6.45, 7) is 3.31. The second-order valence-corrected chi connectivity index (χ2v) is 6.08. The van der Waals surface area contributed by atoms with Gasteiger partial charge in [-0.1, -0.05) is 13.3 Å². The third-order valence-electron chi connectivity index (χ3n) is 3.66. The van der Waals surface area contributed by atoms with Crippen molar-refractivity contribution in [1.29, 1.82) is 0 Å². The number of carbonyl (C=O) groups excluding carboxylic acids is 1. The van der Waals surface area contributed by atoms with Gasteiger partial charge in [0.05, 0.1) is 12.0 Å². The van der Waals surface area contributed by atoms with Crippen LogP contribution in [0, 0.1) is 5.41 Å². The van der Waals surface area contributed by atoms with E-state index in [0.717, 1.165) is 6.42 Å². The Morgan fingerprint density at radius 1 is 1.60 bits per heavy atom. The zero-order chi connectivity index (χ0) is 14.6. The number of rotatable bonds is 6. The Bertz CT molecular complexity index is 477. The van der Waals surface area contributed by atoms with Crippen LogP contribution in [0.3, 0.4) is 0 Å². The van der Waals surface area contributed by atoms with Gasteiger partial charge in [0.15, 0.2) is 5.13 Å². The number of thiazole rings is 1. The molecule has 1 atom stereocenters. The molecule has 20 heavy (non-hydrogen) atoms. The molecule has 6 nitrogen and oxygen atoms in total. The number of nitrogens with zero attached hydrogens (tertiary/aromatic N) is 2. The van der Waals surface area contributed by atoms with Gasteiger partial charge in [0, 0.05) is 18.1 Å². The van der Waals surface area contributed by atoms with E-state index in [0.29, 0.717) is 31.1 Å². The number of aromatic nitrogens is 1. The fourth-order valence-electron chi connectivity index (χ4n) is 2.70. The molecule has 2 rings (SSSR count). The van der Waals surface area contributed by atoms with Crippen LogP contribution in [0.5, 0.6) is 0 Å². The minimum Gasteiger partial charge on any atom is -0.481 e. The maximum atomic E-state index is 11.9. The maximum Gasteiger partial charge on any atom is 0.310 e. The summed E-state index contributed by atoms with van der Waals surface area (Å²) in [5.74, 6) is -0.889. The SMILES string of the molecule is CCCC1(C(=O)O)CCN(CC(=O)Nc2nccs2)C1. The molecule has 1 saturated heterocycles. The molecule has 0 saturated carbocycles. The number of aliphatic carboxylic acids is 1. The number of carbonyl (C=O) groups is 2. The highest BCUT2D eigenvalue weighted by atomic mass is 32.1. The van der Waals surface area contributed by atoms with Crippen LogP contribution in [0.1, 0.15) is 26.2 Å². The second kappa shape index (κ2) is 6.32. The van der Waals surface area contributed by atoms with Crippen molar-refractivity contribution < 1.29 is 14.7 Å². The highest BCUT2D eigenvalue weighted by molar-refractivity contribution is 7.13. The largest absolute Gasteiger partial charge is 0.481 e. The van der Waals surface area contributed by atoms with Crippen molar-refractivity contribution in [2.75, 3.05) is 25.0 Å². The molecule has 0 radical (unpaired) electrons. The van der Waals surface area contributed by atoms with Crippen LogP contribution in [0.25, 0.3) is 0 Å². The van der Waals surface area contributed by atoms with Crippen LogP contribution in [0.4, 0.5) is 5.13 Å². The Labute approximate surface area is 121 Å². The Morgan fingerprint density at radius 2 is 2.40 bits per heavy atom. The summed E-state index contributed by atoms with van der Waals surface area (Å²) < 4.78 is 0. The molecular weight excluding hydrogens is 278 g/mol. The van der Waals surface area contributed by atoms with Crippen LogP contribution in [0.15, 0.2) is 11.6 Å². The number of nitrogens with one attached hydrogen (secondary N) is 1. The molecule has 110 valence electrons. The average Bonchev–Trinajstić information content (AvgIpc) is 3.00. The normalized spacial score (nSPS) is 22.9. The molecule has 2 N–H and O–H groups in total. The lowest BCUT2D eigenvalue weighted by Crippen LogP contribution is -2.37. The number of amides is 1. The molecule has 0 aliphatic carbocycles. The molecule has 0 aromatic carbocycles. The van der Waals surface area contributed by atoms with Gasteiger partial charge in [-0.15, -0.1) is 11.3 Å². The van der Waals surface area contributed by atoms with Gasteiger partial charge in [0.2, 0.25) is 5.91 Å². The van der Waals surface area contributed by atoms with Gasteiger partial charge in [0.1, 0.15) is 0 Å². The summed E-state index contributed by atoms with van der Waals surface area (Å²) in [6.07, 6.45) is 3.74. The average molecular weight is 297 g/mol. The third-order valence-corrected chi connectivity index (χ3v) is 4.35. The first-order chi connectivity index (χ1) is 9.55. The smallest absolute Gasteiger partial charge is 0.310 e. The van der Waals surface area contributed by atoms with Gasteiger partial charge in [-0.2, -0.15) is 0 Å². The van der Waals surface area contributed by atoms with E-state index in [9.17, 15) is 14.7 Å². The number of carboxylic acid groups (broad SMARTS) is 1. The molecular formula is C13H19N3O3S. The molecule has 1 fully saturated rings. The van der Waals surface area contributed by atoms with Gasteiger partial charge in [-0.25, -0.2) is 4.98 Å². The quantitative estimate of drug-likeness (QED) is 0.834. The van der Waals surface area contributed by atoms with Crippen molar-refractivity contribution in [3.8, 4) is 0 Å². The zero-order valence-corrected chi connectivity index (χ0v) is 12.3. The van der Waals surface area contributed by atoms with Crippen LogP contribution in [-0.4, -0.2) is 46.5 Å². The number of hydrogen-bond acceptors (Lipinski definition) is 5. The summed E-state index contributed by atoms with van der Waals surface area (Å²) in [5, 5.41) is 14.5. The van der Waals surface area contributed by atoms with Crippen LogP contribution in [0.2, 0.25) is 0 Å². The Kier molecular flexibility index (Phi) is 4.72. The van der Waals surface area contributed by atoms with Crippen molar-refractivity contribution in [2.24, 2.45) is 5.41 Å². The highest BCUT2D eigenvalue weighted by Crippen LogP contribution is 2.35. The third kappa shape index (κ3) is 3.34. The van der Waals surface area contributed by atoms with Gasteiger partial charge < -0.3 is 10.4 Å². The van der Waals surface area contributed by atoms with Crippen molar-refractivity contribution in [3.63, 3.8) is 0 Å². The minimum atomic E-state index is -0.748. The first-order valence-electron chi connectivity index (χ1n) is 6.71. The van der Waals surface area contributed by atoms with Gasteiger partial charge in [-0.3, -0.25) is 14.5 Å². The maximum absolute atomic E-state index is 11.9. The monoisotopic (exact) mass is 297 g/mol. The molecule has 1 aliphatic rings. The van der Waals surface area contributed by atoms with Crippen molar-refractivity contribution in [3.05, 3.63) is 11.6 Å². The summed E-state index contributed by atoms with van der Waals surface area (Å²) in [5.41, 5.74) is -0.684. The summed E-state index contributed by atoms with van der Waals surface area (Å²) >= 11 is 1.37. The molecule has 1 unspecified atom stereocenters. The lowest BCUT2D eigenvalue weighted by atomic mass is 9.83. The first-order valence-corrected chi connectivity index (χ1v) is 7.59. The number of hydrogen-bond donors (Lipinski definition) is 2. The van der Waals surface area contributed by atoms with Gasteiger partial charge in [0.25, 0.3) is 0 Å². The van der Waals surface area contributed by atoms with E-state index in [1.807, 2.05) is 11.8 Å². The second-order valence-electron chi connectivity index (χ2n) is 5.18. The summed E-state index contributed by atoms with van der Waals surface area (Å²) in [7, 11) is 0. The molecule has 0 bridgehead atoms. The fourth-order valence-corrected chi connectivity index (χ4v) is 3.25. The topological polar surface area (TPSA) is 82.5 Å². The van der Waals surface area contributed by atoms with Crippen molar-refractivity contribution in [2.45, 2.75) is 26.2 Å². The fraction of sp³-hybridized carbons (Fsp3) is 0.615. The molecule has 2 heterocycles. The molecule has 1 amide bonds. The lowest BCUT2D eigenvalue weighted by molar-refractivity contribution is -0.148. The van der Waals surface area contributed by atoms with E-state index in [1.54, 1.807) is 11.6 Å². The molecule has 7 heteroatoms. The van der Waals surface area contributed by atoms with Crippen LogP contribution >= 0.6 is 11.3 Å². The number of carboxylic acids is 1.